The molecule has 88 valence electrons. The van der Waals surface area contributed by atoms with Crippen molar-refractivity contribution in [2.24, 2.45) is 5.73 Å². The molecule has 0 bridgehead atoms. The van der Waals surface area contributed by atoms with Gasteiger partial charge in [-0.25, -0.2) is 4.98 Å². The zero-order chi connectivity index (χ0) is 12.3. The quantitative estimate of drug-likeness (QED) is 0.833. The number of para-hydroxylation sites is 1. The average Bonchev–Trinajstić information content (AvgIpc) is 2.73. The molecule has 0 saturated carbocycles. The predicted molar refractivity (Wildman–Crippen MR) is 76.5 cm³/mol. The van der Waals surface area contributed by atoms with Crippen molar-refractivity contribution >= 4 is 34.2 Å². The standard InChI is InChI=1S/C12H13N3S2/c1-8-7-17-11(15-8)6-14-10-5-3-2-4-9(10)12(13)16/h2-5,7,14H,6H2,1H3,(H2,13,16). The summed E-state index contributed by atoms with van der Waals surface area (Å²) >= 11 is 6.65. The van der Waals surface area contributed by atoms with E-state index in [0.29, 0.717) is 11.5 Å². The first kappa shape index (κ1) is 12.0. The van der Waals surface area contributed by atoms with Gasteiger partial charge in [0.1, 0.15) is 10.00 Å². The Morgan fingerprint density at radius 1 is 1.47 bits per heavy atom. The maximum Gasteiger partial charge on any atom is 0.112 e. The number of hydrogen-bond acceptors (Lipinski definition) is 4. The molecular weight excluding hydrogens is 250 g/mol. The normalized spacial score (nSPS) is 10.2. The summed E-state index contributed by atoms with van der Waals surface area (Å²) < 4.78 is 0. The van der Waals surface area contributed by atoms with E-state index < -0.39 is 0 Å². The average molecular weight is 263 g/mol. The molecule has 17 heavy (non-hydrogen) atoms. The molecule has 2 rings (SSSR count). The van der Waals surface area contributed by atoms with Crippen LogP contribution in [-0.4, -0.2) is 9.97 Å². The summed E-state index contributed by atoms with van der Waals surface area (Å²) in [6, 6.07) is 7.76. The third kappa shape index (κ3) is 3.01. The van der Waals surface area contributed by atoms with Gasteiger partial charge in [0.25, 0.3) is 0 Å². The molecule has 0 radical (unpaired) electrons. The Morgan fingerprint density at radius 3 is 2.88 bits per heavy atom. The third-order valence-electron chi connectivity index (χ3n) is 2.29. The van der Waals surface area contributed by atoms with Gasteiger partial charge in [0, 0.05) is 22.3 Å². The highest BCUT2D eigenvalue weighted by atomic mass is 32.1. The first-order valence-corrected chi connectivity index (χ1v) is 6.49. The third-order valence-corrected chi connectivity index (χ3v) is 3.48. The van der Waals surface area contributed by atoms with Gasteiger partial charge in [-0.3, -0.25) is 0 Å². The Hall–Kier alpha value is -1.46. The second-order valence-electron chi connectivity index (χ2n) is 3.65. The molecule has 0 spiro atoms. The number of rotatable bonds is 4. The zero-order valence-electron chi connectivity index (χ0n) is 9.43. The highest BCUT2D eigenvalue weighted by Gasteiger charge is 2.04. The Bertz CT molecular complexity index is 534. The number of aromatic nitrogens is 1. The summed E-state index contributed by atoms with van der Waals surface area (Å²) in [7, 11) is 0. The fourth-order valence-corrected chi connectivity index (χ4v) is 2.40. The van der Waals surface area contributed by atoms with E-state index in [0.717, 1.165) is 22.0 Å². The zero-order valence-corrected chi connectivity index (χ0v) is 11.1. The van der Waals surface area contributed by atoms with Gasteiger partial charge in [0.2, 0.25) is 0 Å². The van der Waals surface area contributed by atoms with Gasteiger partial charge in [-0.2, -0.15) is 0 Å². The van der Waals surface area contributed by atoms with E-state index in [1.54, 1.807) is 11.3 Å². The molecule has 0 saturated heterocycles. The van der Waals surface area contributed by atoms with Gasteiger partial charge in [-0.1, -0.05) is 24.4 Å². The molecule has 2 aromatic rings. The van der Waals surface area contributed by atoms with Crippen LogP contribution in [0.15, 0.2) is 29.6 Å². The van der Waals surface area contributed by atoms with E-state index in [2.05, 4.69) is 10.3 Å². The van der Waals surface area contributed by atoms with E-state index in [9.17, 15) is 0 Å². The van der Waals surface area contributed by atoms with Crippen LogP contribution >= 0.6 is 23.6 Å². The van der Waals surface area contributed by atoms with Crippen molar-refractivity contribution in [2.75, 3.05) is 5.32 Å². The molecule has 0 atom stereocenters. The van der Waals surface area contributed by atoms with Crippen LogP contribution in [0.5, 0.6) is 0 Å². The highest BCUT2D eigenvalue weighted by molar-refractivity contribution is 7.80. The minimum Gasteiger partial charge on any atom is -0.389 e. The number of anilines is 1. The largest absolute Gasteiger partial charge is 0.389 e. The Kier molecular flexibility index (Phi) is 3.71. The van der Waals surface area contributed by atoms with Crippen molar-refractivity contribution in [3.05, 3.63) is 45.9 Å². The number of nitrogens with zero attached hydrogens (tertiary/aromatic N) is 1. The van der Waals surface area contributed by atoms with Gasteiger partial charge in [-0.05, 0) is 19.1 Å². The van der Waals surface area contributed by atoms with Gasteiger partial charge in [-0.15, -0.1) is 11.3 Å². The topological polar surface area (TPSA) is 50.9 Å². The minimum absolute atomic E-state index is 0.406. The summed E-state index contributed by atoms with van der Waals surface area (Å²) in [6.45, 7) is 2.68. The number of hydrogen-bond donors (Lipinski definition) is 2. The minimum atomic E-state index is 0.406. The lowest BCUT2D eigenvalue weighted by atomic mass is 10.2. The SMILES string of the molecule is Cc1csc(CNc2ccccc2C(N)=S)n1. The molecule has 0 aliphatic carbocycles. The van der Waals surface area contributed by atoms with Crippen molar-refractivity contribution in [1.29, 1.82) is 0 Å². The fourth-order valence-electron chi connectivity index (χ4n) is 1.51. The second kappa shape index (κ2) is 5.25. The van der Waals surface area contributed by atoms with E-state index in [-0.39, 0.29) is 0 Å². The van der Waals surface area contributed by atoms with Crippen molar-refractivity contribution in [2.45, 2.75) is 13.5 Å². The van der Waals surface area contributed by atoms with Crippen LogP contribution in [0, 0.1) is 6.92 Å². The van der Waals surface area contributed by atoms with Crippen LogP contribution < -0.4 is 11.1 Å². The first-order valence-electron chi connectivity index (χ1n) is 5.20. The Labute approximate surface area is 110 Å². The van der Waals surface area contributed by atoms with E-state index in [4.69, 9.17) is 18.0 Å². The van der Waals surface area contributed by atoms with Gasteiger partial charge in [0.15, 0.2) is 0 Å². The molecule has 0 aliphatic heterocycles. The van der Waals surface area contributed by atoms with Crippen LogP contribution in [-0.2, 0) is 6.54 Å². The van der Waals surface area contributed by atoms with Crippen molar-refractivity contribution in [1.82, 2.24) is 4.98 Å². The van der Waals surface area contributed by atoms with E-state index >= 15 is 0 Å². The monoisotopic (exact) mass is 263 g/mol. The number of aryl methyl sites for hydroxylation is 1. The Morgan fingerprint density at radius 2 is 2.24 bits per heavy atom. The Balaban J connectivity index is 2.11. The maximum absolute atomic E-state index is 5.67. The van der Waals surface area contributed by atoms with E-state index in [1.807, 2.05) is 36.6 Å². The molecule has 0 fully saturated rings. The smallest absolute Gasteiger partial charge is 0.112 e. The number of thiazole rings is 1. The molecule has 1 aromatic heterocycles. The molecule has 0 unspecified atom stereocenters. The van der Waals surface area contributed by atoms with Crippen LogP contribution in [0.2, 0.25) is 0 Å². The van der Waals surface area contributed by atoms with Crippen LogP contribution in [0.4, 0.5) is 5.69 Å². The highest BCUT2D eigenvalue weighted by Crippen LogP contribution is 2.17. The van der Waals surface area contributed by atoms with Crippen LogP contribution in [0.1, 0.15) is 16.3 Å². The first-order chi connectivity index (χ1) is 8.16. The number of benzene rings is 1. The van der Waals surface area contributed by atoms with Gasteiger partial charge < -0.3 is 11.1 Å². The van der Waals surface area contributed by atoms with Crippen molar-refractivity contribution in [3.63, 3.8) is 0 Å². The molecule has 3 nitrogen and oxygen atoms in total. The summed E-state index contributed by atoms with van der Waals surface area (Å²) in [6.07, 6.45) is 0. The summed E-state index contributed by atoms with van der Waals surface area (Å²) in [4.78, 5) is 4.80. The maximum atomic E-state index is 5.67. The fraction of sp³-hybridized carbons (Fsp3) is 0.167. The number of nitrogens with one attached hydrogen (secondary N) is 1. The van der Waals surface area contributed by atoms with Crippen molar-refractivity contribution in [3.8, 4) is 0 Å². The van der Waals surface area contributed by atoms with E-state index in [1.165, 1.54) is 0 Å². The summed E-state index contributed by atoms with van der Waals surface area (Å²) in [5.74, 6) is 0. The second-order valence-corrected chi connectivity index (χ2v) is 5.03. The molecule has 5 heteroatoms. The summed E-state index contributed by atoms with van der Waals surface area (Å²) in [5, 5.41) is 6.40. The van der Waals surface area contributed by atoms with Crippen LogP contribution in [0.3, 0.4) is 0 Å². The molecule has 1 heterocycles. The molecule has 3 N–H and O–H groups in total. The molecule has 1 aromatic carbocycles. The molecular formula is C12H13N3S2. The van der Waals surface area contributed by atoms with Gasteiger partial charge in [0.05, 0.1) is 6.54 Å². The van der Waals surface area contributed by atoms with Crippen molar-refractivity contribution < 1.29 is 0 Å². The van der Waals surface area contributed by atoms with Crippen LogP contribution in [0.25, 0.3) is 0 Å². The summed E-state index contributed by atoms with van der Waals surface area (Å²) in [5.41, 5.74) is 8.54. The van der Waals surface area contributed by atoms with Gasteiger partial charge >= 0.3 is 0 Å². The number of nitrogens with two attached hydrogens (primary N) is 1. The lowest BCUT2D eigenvalue weighted by Gasteiger charge is -2.09. The molecule has 0 aliphatic rings. The predicted octanol–water partition coefficient (Wildman–Crippen LogP) is 2.70. The number of thiocarbonyl (C=S) groups is 1. The lowest BCUT2D eigenvalue weighted by Crippen LogP contribution is -2.13. The molecule has 0 amide bonds. The lowest BCUT2D eigenvalue weighted by molar-refractivity contribution is 1.07.